The van der Waals surface area contributed by atoms with Crippen LogP contribution in [0.1, 0.15) is 22.8 Å². The third-order valence-electron chi connectivity index (χ3n) is 3.71. The van der Waals surface area contributed by atoms with Crippen molar-refractivity contribution in [1.82, 2.24) is 0 Å². The summed E-state index contributed by atoms with van der Waals surface area (Å²) < 4.78 is 21.0. The summed E-state index contributed by atoms with van der Waals surface area (Å²) in [6, 6.07) is 12.2. The van der Waals surface area contributed by atoms with E-state index in [1.54, 1.807) is 37.3 Å². The zero-order valence-corrected chi connectivity index (χ0v) is 14.0. The molecule has 0 aliphatic carbocycles. The molecule has 0 bridgehead atoms. The highest BCUT2D eigenvalue weighted by atomic mass is 16.7. The van der Waals surface area contributed by atoms with Crippen molar-refractivity contribution in [3.05, 3.63) is 53.6 Å². The minimum absolute atomic E-state index is 0.135. The number of fused-ring (bicyclic) bond motifs is 1. The first-order valence-electron chi connectivity index (χ1n) is 7.86. The SMILES string of the molecule is Cc1ccc(OC(C)C(=O)OCC(=O)c2ccc3c(c2)OCO3)cc1. The Labute approximate surface area is 145 Å². The van der Waals surface area contributed by atoms with Crippen molar-refractivity contribution in [1.29, 1.82) is 0 Å². The van der Waals surface area contributed by atoms with Crippen LogP contribution in [-0.2, 0) is 9.53 Å². The zero-order chi connectivity index (χ0) is 17.8. The van der Waals surface area contributed by atoms with Crippen molar-refractivity contribution >= 4 is 11.8 Å². The summed E-state index contributed by atoms with van der Waals surface area (Å²) in [5.41, 5.74) is 1.49. The van der Waals surface area contributed by atoms with Gasteiger partial charge in [-0.05, 0) is 44.2 Å². The van der Waals surface area contributed by atoms with Crippen molar-refractivity contribution in [2.24, 2.45) is 0 Å². The summed E-state index contributed by atoms with van der Waals surface area (Å²) in [6.07, 6.45) is -0.813. The highest BCUT2D eigenvalue weighted by molar-refractivity contribution is 5.98. The Balaban J connectivity index is 1.52. The number of Topliss-reactive ketones (excluding diaryl/α,β-unsaturated/α-hetero) is 1. The lowest BCUT2D eigenvalue weighted by molar-refractivity contribution is -0.149. The summed E-state index contributed by atoms with van der Waals surface area (Å²) in [5, 5.41) is 0. The number of hydrogen-bond acceptors (Lipinski definition) is 6. The Morgan fingerprint density at radius 1 is 1.08 bits per heavy atom. The Morgan fingerprint density at radius 3 is 2.56 bits per heavy atom. The van der Waals surface area contributed by atoms with E-state index in [0.717, 1.165) is 5.56 Å². The Hall–Kier alpha value is -3.02. The highest BCUT2D eigenvalue weighted by Crippen LogP contribution is 2.32. The maximum absolute atomic E-state index is 12.2. The van der Waals surface area contributed by atoms with E-state index >= 15 is 0 Å². The van der Waals surface area contributed by atoms with Crippen LogP contribution in [0, 0.1) is 6.92 Å². The van der Waals surface area contributed by atoms with Gasteiger partial charge in [-0.25, -0.2) is 4.79 Å². The van der Waals surface area contributed by atoms with Crippen molar-refractivity contribution in [2.45, 2.75) is 20.0 Å². The fourth-order valence-corrected chi connectivity index (χ4v) is 2.28. The fraction of sp³-hybridized carbons (Fsp3) is 0.263. The molecule has 2 aromatic carbocycles. The van der Waals surface area contributed by atoms with Gasteiger partial charge >= 0.3 is 5.97 Å². The second-order valence-corrected chi connectivity index (χ2v) is 5.67. The predicted molar refractivity (Wildman–Crippen MR) is 89.1 cm³/mol. The van der Waals surface area contributed by atoms with Crippen LogP contribution < -0.4 is 14.2 Å². The van der Waals surface area contributed by atoms with E-state index in [1.165, 1.54) is 0 Å². The lowest BCUT2D eigenvalue weighted by atomic mass is 10.1. The maximum atomic E-state index is 12.2. The first-order chi connectivity index (χ1) is 12.0. The fourth-order valence-electron chi connectivity index (χ4n) is 2.28. The average Bonchev–Trinajstić information content (AvgIpc) is 3.08. The number of hydrogen-bond donors (Lipinski definition) is 0. The smallest absolute Gasteiger partial charge is 0.347 e. The van der Waals surface area contributed by atoms with Crippen LogP contribution in [0.25, 0.3) is 0 Å². The van der Waals surface area contributed by atoms with Crippen molar-refractivity contribution in [3.63, 3.8) is 0 Å². The molecule has 25 heavy (non-hydrogen) atoms. The zero-order valence-electron chi connectivity index (χ0n) is 14.0. The van der Waals surface area contributed by atoms with Gasteiger partial charge in [-0.15, -0.1) is 0 Å². The molecule has 1 unspecified atom stereocenters. The monoisotopic (exact) mass is 342 g/mol. The Kier molecular flexibility index (Phi) is 4.88. The van der Waals surface area contributed by atoms with Crippen molar-refractivity contribution in [3.8, 4) is 17.2 Å². The number of carbonyl (C=O) groups is 2. The highest BCUT2D eigenvalue weighted by Gasteiger charge is 2.20. The molecule has 0 N–H and O–H groups in total. The molecule has 0 spiro atoms. The molecule has 1 heterocycles. The largest absolute Gasteiger partial charge is 0.479 e. The van der Waals surface area contributed by atoms with Crippen LogP contribution >= 0.6 is 0 Å². The first-order valence-corrected chi connectivity index (χ1v) is 7.86. The lowest BCUT2D eigenvalue weighted by Gasteiger charge is -2.14. The first kappa shape index (κ1) is 16.8. The van der Waals surface area contributed by atoms with Crippen LogP contribution in [0.15, 0.2) is 42.5 Å². The quantitative estimate of drug-likeness (QED) is 0.594. The predicted octanol–water partition coefficient (Wildman–Crippen LogP) is 2.92. The molecule has 6 heteroatoms. The average molecular weight is 342 g/mol. The molecule has 6 nitrogen and oxygen atoms in total. The summed E-state index contributed by atoms with van der Waals surface area (Å²) >= 11 is 0. The molecule has 0 saturated heterocycles. The summed E-state index contributed by atoms with van der Waals surface area (Å²) in [5.74, 6) is 0.739. The van der Waals surface area contributed by atoms with Crippen LogP contribution in [0.3, 0.4) is 0 Å². The molecule has 0 amide bonds. The van der Waals surface area contributed by atoms with Gasteiger partial charge in [0.05, 0.1) is 0 Å². The van der Waals surface area contributed by atoms with E-state index in [9.17, 15) is 9.59 Å². The number of carbonyl (C=O) groups excluding carboxylic acids is 2. The van der Waals surface area contributed by atoms with E-state index in [4.69, 9.17) is 18.9 Å². The van der Waals surface area contributed by atoms with Gasteiger partial charge in [-0.2, -0.15) is 0 Å². The molecule has 2 aromatic rings. The normalized spacial score (nSPS) is 13.2. The molecule has 1 aliphatic heterocycles. The third kappa shape index (κ3) is 4.09. The molecule has 1 atom stereocenters. The van der Waals surface area contributed by atoms with Crippen molar-refractivity contribution in [2.75, 3.05) is 13.4 Å². The second kappa shape index (κ2) is 7.25. The number of rotatable bonds is 6. The number of ether oxygens (including phenoxy) is 4. The molecular formula is C19H18O6. The van der Waals surface area contributed by atoms with Crippen molar-refractivity contribution < 1.29 is 28.5 Å². The van der Waals surface area contributed by atoms with E-state index in [2.05, 4.69) is 0 Å². The van der Waals surface area contributed by atoms with Gasteiger partial charge in [0.1, 0.15) is 5.75 Å². The molecule has 0 radical (unpaired) electrons. The van der Waals surface area contributed by atoms with Crippen LogP contribution in [0.2, 0.25) is 0 Å². The van der Waals surface area contributed by atoms with Gasteiger partial charge in [0, 0.05) is 5.56 Å². The Morgan fingerprint density at radius 2 is 1.80 bits per heavy atom. The third-order valence-corrected chi connectivity index (χ3v) is 3.71. The summed E-state index contributed by atoms with van der Waals surface area (Å²) in [6.45, 7) is 3.31. The number of benzene rings is 2. The van der Waals surface area contributed by atoms with Gasteiger partial charge in [0.2, 0.25) is 6.79 Å². The standard InChI is InChI=1S/C19H18O6/c1-12-3-6-15(7-4-12)25-13(2)19(21)22-10-16(20)14-5-8-17-18(9-14)24-11-23-17/h3-9,13H,10-11H2,1-2H3. The van der Waals surface area contributed by atoms with E-state index in [1.807, 2.05) is 19.1 Å². The van der Waals surface area contributed by atoms with Gasteiger partial charge in [0.15, 0.2) is 30.0 Å². The maximum Gasteiger partial charge on any atom is 0.347 e. The van der Waals surface area contributed by atoms with E-state index in [-0.39, 0.29) is 19.2 Å². The van der Waals surface area contributed by atoms with Gasteiger partial charge < -0.3 is 18.9 Å². The summed E-state index contributed by atoms with van der Waals surface area (Å²) in [4.78, 5) is 24.1. The lowest BCUT2D eigenvalue weighted by Crippen LogP contribution is -2.28. The topological polar surface area (TPSA) is 71.1 Å². The molecule has 0 aromatic heterocycles. The molecule has 0 fully saturated rings. The number of ketones is 1. The second-order valence-electron chi connectivity index (χ2n) is 5.67. The summed E-state index contributed by atoms with van der Waals surface area (Å²) in [7, 11) is 0. The molecule has 3 rings (SSSR count). The van der Waals surface area contributed by atoms with Crippen LogP contribution in [-0.4, -0.2) is 31.3 Å². The molecular weight excluding hydrogens is 324 g/mol. The number of aryl methyl sites for hydroxylation is 1. The molecule has 130 valence electrons. The molecule has 1 aliphatic rings. The van der Waals surface area contributed by atoms with Gasteiger partial charge in [-0.3, -0.25) is 4.79 Å². The van der Waals surface area contributed by atoms with Crippen LogP contribution in [0.4, 0.5) is 0 Å². The number of esters is 1. The van der Waals surface area contributed by atoms with Crippen LogP contribution in [0.5, 0.6) is 17.2 Å². The van der Waals surface area contributed by atoms with E-state index in [0.29, 0.717) is 22.8 Å². The van der Waals surface area contributed by atoms with E-state index < -0.39 is 12.1 Å². The molecule has 0 saturated carbocycles. The minimum atomic E-state index is -0.813. The Bertz CT molecular complexity index is 781. The van der Waals surface area contributed by atoms with Gasteiger partial charge in [0.25, 0.3) is 0 Å². The van der Waals surface area contributed by atoms with Gasteiger partial charge in [-0.1, -0.05) is 17.7 Å². The minimum Gasteiger partial charge on any atom is -0.479 e.